The van der Waals surface area contributed by atoms with E-state index in [4.69, 9.17) is 9.97 Å². The topological polar surface area (TPSA) is 30.7 Å². The summed E-state index contributed by atoms with van der Waals surface area (Å²) in [5, 5.41) is 2.64. The Morgan fingerprint density at radius 1 is 0.465 bits per heavy atom. The lowest BCUT2D eigenvalue weighted by Crippen LogP contribution is -1.97. The number of nitrogens with zero attached hydrogens (tertiary/aromatic N) is 3. The molecule has 0 amide bonds. The average molecular weight is 586 g/mol. The summed E-state index contributed by atoms with van der Waals surface area (Å²) in [5.41, 5.74) is 8.62. The number of hydrogen-bond acceptors (Lipinski definition) is 4. The zero-order valence-electron chi connectivity index (χ0n) is 22.9. The summed E-state index contributed by atoms with van der Waals surface area (Å²) in [5.74, 6) is 0.719. The molecule has 0 aliphatic heterocycles. The van der Waals surface area contributed by atoms with Crippen molar-refractivity contribution < 1.29 is 0 Å². The van der Waals surface area contributed by atoms with E-state index in [1.54, 1.807) is 0 Å². The van der Waals surface area contributed by atoms with Crippen molar-refractivity contribution in [1.82, 2.24) is 14.5 Å². The van der Waals surface area contributed by atoms with Gasteiger partial charge in [0.05, 0.1) is 36.5 Å². The number of aromatic nitrogens is 3. The Bertz CT molecular complexity index is 2380. The number of benzene rings is 5. The highest BCUT2D eigenvalue weighted by Gasteiger charge is 2.21. The Hall–Kier alpha value is -5.10. The van der Waals surface area contributed by atoms with Crippen LogP contribution in [0.3, 0.4) is 0 Å². The van der Waals surface area contributed by atoms with Crippen molar-refractivity contribution in [2.75, 3.05) is 0 Å². The molecule has 0 saturated carbocycles. The second-order valence-corrected chi connectivity index (χ2v) is 12.7. The Balaban J connectivity index is 1.22. The van der Waals surface area contributed by atoms with Crippen LogP contribution in [0.2, 0.25) is 0 Å². The van der Waals surface area contributed by atoms with Gasteiger partial charge in [0.15, 0.2) is 5.82 Å². The summed E-state index contributed by atoms with van der Waals surface area (Å²) < 4.78 is 7.84. The van der Waals surface area contributed by atoms with Gasteiger partial charge in [0, 0.05) is 37.9 Å². The van der Waals surface area contributed by atoms with Gasteiger partial charge in [-0.1, -0.05) is 97.1 Å². The number of hydrogen-bond donors (Lipinski definition) is 0. The van der Waals surface area contributed by atoms with Crippen molar-refractivity contribution in [2.24, 2.45) is 0 Å². The molecule has 0 aliphatic carbocycles. The quantitative estimate of drug-likeness (QED) is 0.206. The van der Waals surface area contributed by atoms with E-state index in [0.717, 1.165) is 39.6 Å². The van der Waals surface area contributed by atoms with Crippen LogP contribution >= 0.6 is 22.7 Å². The van der Waals surface area contributed by atoms with Gasteiger partial charge in [0.25, 0.3) is 0 Å². The zero-order valence-corrected chi connectivity index (χ0v) is 24.6. The average Bonchev–Trinajstić information content (AvgIpc) is 3.73. The molecule has 0 fully saturated rings. The fraction of sp³-hybridized carbons (Fsp3) is 0. The predicted molar refractivity (Wildman–Crippen MR) is 183 cm³/mol. The lowest BCUT2D eigenvalue weighted by atomic mass is 10.1. The third-order valence-electron chi connectivity index (χ3n) is 8.05. The van der Waals surface area contributed by atoms with Crippen LogP contribution in [0.15, 0.2) is 140 Å². The fourth-order valence-corrected chi connectivity index (χ4v) is 8.79. The largest absolute Gasteiger partial charge is 0.307 e. The lowest BCUT2D eigenvalue weighted by molar-refractivity contribution is 1.17. The van der Waals surface area contributed by atoms with Gasteiger partial charge in [-0.15, -0.1) is 22.7 Å². The first-order valence-electron chi connectivity index (χ1n) is 14.3. The summed E-state index contributed by atoms with van der Waals surface area (Å²) in [4.78, 5) is 10.1. The van der Waals surface area contributed by atoms with Crippen LogP contribution in [0, 0.1) is 0 Å². The van der Waals surface area contributed by atoms with Gasteiger partial charge in [-0.2, -0.15) is 0 Å². The molecule has 202 valence electrons. The molecule has 0 N–H and O–H groups in total. The molecule has 0 saturated heterocycles. The molecule has 0 radical (unpaired) electrons. The van der Waals surface area contributed by atoms with Gasteiger partial charge in [-0.05, 0) is 42.5 Å². The van der Waals surface area contributed by atoms with E-state index in [9.17, 15) is 0 Å². The van der Waals surface area contributed by atoms with E-state index >= 15 is 0 Å². The highest BCUT2D eigenvalue weighted by atomic mass is 32.1. The summed E-state index contributed by atoms with van der Waals surface area (Å²) in [6.07, 6.45) is 0. The third kappa shape index (κ3) is 3.93. The van der Waals surface area contributed by atoms with E-state index < -0.39 is 0 Å². The van der Waals surface area contributed by atoms with E-state index in [-0.39, 0.29) is 0 Å². The minimum atomic E-state index is 0.719. The van der Waals surface area contributed by atoms with Crippen molar-refractivity contribution in [3.05, 3.63) is 140 Å². The zero-order chi connectivity index (χ0) is 28.3. The molecule has 3 nitrogen and oxygen atoms in total. The van der Waals surface area contributed by atoms with Crippen molar-refractivity contribution in [3.8, 4) is 39.6 Å². The lowest BCUT2D eigenvalue weighted by Gasteiger charge is -2.11. The molecule has 5 heteroatoms. The standard InChI is InChI=1S/C38H23N3S2/c1-3-11-24(12-4-1)30-23-31(25-13-5-2-6-14-25)40-38(39-30)26-19-21-27(22-20-26)41-32-17-9-7-15-28(32)35-34(41)37-36(43-35)29-16-8-10-18-33(29)42-37/h1-23H. The monoisotopic (exact) mass is 585 g/mol. The summed E-state index contributed by atoms with van der Waals surface area (Å²) >= 11 is 3.80. The van der Waals surface area contributed by atoms with Crippen LogP contribution in [0.5, 0.6) is 0 Å². The maximum atomic E-state index is 5.03. The first-order chi connectivity index (χ1) is 21.3. The van der Waals surface area contributed by atoms with Gasteiger partial charge in [0.1, 0.15) is 0 Å². The van der Waals surface area contributed by atoms with Crippen LogP contribution in [0.1, 0.15) is 0 Å². The molecule has 4 aromatic heterocycles. The second-order valence-electron chi connectivity index (χ2n) is 10.6. The molecule has 0 aliphatic rings. The molecule has 9 aromatic rings. The Labute approximate surface area is 256 Å². The molecular formula is C38H23N3S2. The van der Waals surface area contributed by atoms with E-state index in [0.29, 0.717) is 0 Å². The van der Waals surface area contributed by atoms with Crippen LogP contribution in [-0.4, -0.2) is 14.5 Å². The Morgan fingerprint density at radius 3 is 1.77 bits per heavy atom. The number of para-hydroxylation sites is 1. The van der Waals surface area contributed by atoms with Crippen molar-refractivity contribution in [2.45, 2.75) is 0 Å². The predicted octanol–water partition coefficient (Wildman–Crippen LogP) is 11.0. The summed E-state index contributed by atoms with van der Waals surface area (Å²) in [6.45, 7) is 0. The van der Waals surface area contributed by atoms with Crippen LogP contribution in [0.4, 0.5) is 0 Å². The second kappa shape index (κ2) is 9.73. The molecular weight excluding hydrogens is 563 g/mol. The van der Waals surface area contributed by atoms with Crippen molar-refractivity contribution in [1.29, 1.82) is 0 Å². The molecule has 4 heterocycles. The molecule has 0 unspecified atom stereocenters. The molecule has 0 bridgehead atoms. The normalized spacial score (nSPS) is 11.7. The Morgan fingerprint density at radius 2 is 1.07 bits per heavy atom. The first-order valence-corrected chi connectivity index (χ1v) is 15.9. The van der Waals surface area contributed by atoms with Gasteiger partial charge in [-0.3, -0.25) is 0 Å². The maximum absolute atomic E-state index is 5.03. The van der Waals surface area contributed by atoms with Crippen LogP contribution in [0.25, 0.3) is 80.2 Å². The summed E-state index contributed by atoms with van der Waals surface area (Å²) in [7, 11) is 0. The molecule has 0 atom stereocenters. The highest BCUT2D eigenvalue weighted by Crippen LogP contribution is 2.48. The van der Waals surface area contributed by atoms with E-state index in [1.807, 2.05) is 59.1 Å². The minimum Gasteiger partial charge on any atom is -0.307 e. The van der Waals surface area contributed by atoms with E-state index in [2.05, 4.69) is 108 Å². The molecule has 43 heavy (non-hydrogen) atoms. The molecule has 5 aromatic carbocycles. The fourth-order valence-electron chi connectivity index (χ4n) is 6.02. The Kier molecular flexibility index (Phi) is 5.54. The van der Waals surface area contributed by atoms with Gasteiger partial charge >= 0.3 is 0 Å². The highest BCUT2D eigenvalue weighted by molar-refractivity contribution is 7.37. The molecule has 0 spiro atoms. The summed E-state index contributed by atoms with van der Waals surface area (Å²) in [6, 6.07) is 49.0. The number of fused-ring (bicyclic) bond motifs is 7. The maximum Gasteiger partial charge on any atom is 0.160 e. The van der Waals surface area contributed by atoms with Gasteiger partial charge < -0.3 is 4.57 Å². The third-order valence-corrected chi connectivity index (χ3v) is 10.6. The minimum absolute atomic E-state index is 0.719. The van der Waals surface area contributed by atoms with Crippen molar-refractivity contribution >= 4 is 63.3 Å². The number of thiophene rings is 2. The molecule has 9 rings (SSSR count). The number of rotatable bonds is 4. The van der Waals surface area contributed by atoms with Gasteiger partial charge in [-0.25, -0.2) is 9.97 Å². The smallest absolute Gasteiger partial charge is 0.160 e. The van der Waals surface area contributed by atoms with Crippen LogP contribution in [-0.2, 0) is 0 Å². The van der Waals surface area contributed by atoms with E-state index in [1.165, 1.54) is 40.6 Å². The first kappa shape index (κ1) is 24.5. The van der Waals surface area contributed by atoms with Gasteiger partial charge in [0.2, 0.25) is 0 Å². The van der Waals surface area contributed by atoms with Crippen LogP contribution < -0.4 is 0 Å². The van der Waals surface area contributed by atoms with Crippen molar-refractivity contribution in [3.63, 3.8) is 0 Å². The SMILES string of the molecule is c1ccc(-c2cc(-c3ccccc3)nc(-c3ccc(-n4c5ccccc5c5sc6c7ccccc7sc6c54)cc3)n2)cc1.